The molecule has 0 aliphatic carbocycles. The smallest absolute Gasteiger partial charge is 0.220 e. The first-order chi connectivity index (χ1) is 19.4. The van der Waals surface area contributed by atoms with E-state index in [4.69, 9.17) is 9.84 Å². The van der Waals surface area contributed by atoms with Gasteiger partial charge in [-0.05, 0) is 44.9 Å². The molecule has 0 saturated carbocycles. The number of rotatable bonds is 20. The number of carbonyl (C=O) groups excluding carboxylic acids is 2. The highest BCUT2D eigenvalue weighted by Crippen LogP contribution is 2.19. The van der Waals surface area contributed by atoms with Crippen molar-refractivity contribution in [2.75, 3.05) is 13.2 Å². The topological polar surface area (TPSA) is 148 Å². The van der Waals surface area contributed by atoms with Gasteiger partial charge in [-0.15, -0.1) is 0 Å². The van der Waals surface area contributed by atoms with Crippen LogP contribution in [0.3, 0.4) is 0 Å². The highest BCUT2D eigenvalue weighted by Gasteiger charge is 2.43. The molecule has 0 aromatic rings. The third-order valence-electron chi connectivity index (χ3n) is 6.12. The molecule has 1 heterocycles. The zero-order valence-electron chi connectivity index (χ0n) is 23.6. The van der Waals surface area contributed by atoms with Crippen LogP contribution in [0, 0.1) is 0 Å². The van der Waals surface area contributed by atoms with Crippen LogP contribution in [0.15, 0.2) is 72.9 Å². The van der Waals surface area contributed by atoms with Crippen molar-refractivity contribution in [2.24, 2.45) is 0 Å². The van der Waals surface area contributed by atoms with Gasteiger partial charge in [-0.3, -0.25) is 4.79 Å². The molecule has 1 aliphatic rings. The molecular weight excluding hydrogens is 512 g/mol. The number of hydrogen-bond donors (Lipinski definition) is 6. The number of ether oxygens (including phenoxy) is 1. The highest BCUT2D eigenvalue weighted by atomic mass is 16.6. The Kier molecular flexibility index (Phi) is 20.4. The van der Waals surface area contributed by atoms with Gasteiger partial charge in [-0.2, -0.15) is 0 Å². The Hall–Kier alpha value is -2.66. The van der Waals surface area contributed by atoms with Crippen LogP contribution in [0.5, 0.6) is 0 Å². The number of nitrogens with one attached hydrogen (secondary N) is 2. The minimum atomic E-state index is -1.49. The van der Waals surface area contributed by atoms with E-state index in [1.807, 2.05) is 12.2 Å². The number of amides is 1. The monoisotopic (exact) mass is 560 g/mol. The minimum absolute atomic E-state index is 0.0756. The second kappa shape index (κ2) is 23.1. The van der Waals surface area contributed by atoms with Gasteiger partial charge in [0.05, 0.1) is 18.7 Å². The van der Waals surface area contributed by atoms with E-state index >= 15 is 0 Å². The van der Waals surface area contributed by atoms with Crippen molar-refractivity contribution < 1.29 is 34.8 Å². The van der Waals surface area contributed by atoms with Gasteiger partial charge < -0.3 is 40.6 Å². The van der Waals surface area contributed by atoms with Gasteiger partial charge in [0.25, 0.3) is 0 Å². The first-order valence-corrected chi connectivity index (χ1v) is 14.1. The van der Waals surface area contributed by atoms with Crippen molar-refractivity contribution in [3.63, 3.8) is 0 Å². The maximum atomic E-state index is 12.2. The molecule has 40 heavy (non-hydrogen) atoms. The summed E-state index contributed by atoms with van der Waals surface area (Å²) in [6, 6.07) is -1.97. The zero-order valence-corrected chi connectivity index (χ0v) is 23.6. The minimum Gasteiger partial charge on any atom is -0.394 e. The lowest BCUT2D eigenvalue weighted by molar-refractivity contribution is -0.254. The van der Waals surface area contributed by atoms with Crippen LogP contribution in [-0.2, 0) is 14.3 Å². The molecule has 0 aromatic heterocycles. The van der Waals surface area contributed by atoms with Gasteiger partial charge in [0.1, 0.15) is 24.6 Å². The summed E-state index contributed by atoms with van der Waals surface area (Å²) >= 11 is 0. The summed E-state index contributed by atoms with van der Waals surface area (Å²) in [6.07, 6.45) is 26.9. The van der Waals surface area contributed by atoms with Crippen LogP contribution in [0.1, 0.15) is 58.3 Å². The summed E-state index contributed by atoms with van der Waals surface area (Å²) in [4.78, 5) is 23.5. The molecule has 6 N–H and O–H groups in total. The van der Waals surface area contributed by atoms with Gasteiger partial charge in [0.15, 0.2) is 6.29 Å². The van der Waals surface area contributed by atoms with Crippen molar-refractivity contribution in [2.45, 2.75) is 95.0 Å². The lowest BCUT2D eigenvalue weighted by Gasteiger charge is -2.40. The van der Waals surface area contributed by atoms with Crippen LogP contribution < -0.4 is 10.6 Å². The van der Waals surface area contributed by atoms with Crippen LogP contribution in [0.2, 0.25) is 0 Å². The summed E-state index contributed by atoms with van der Waals surface area (Å²) in [5, 5.41) is 44.5. The fourth-order valence-corrected chi connectivity index (χ4v) is 3.85. The summed E-state index contributed by atoms with van der Waals surface area (Å²) in [5.74, 6) is -0.306. The maximum absolute atomic E-state index is 12.2. The number of carbonyl (C=O) groups is 2. The molecule has 1 saturated heterocycles. The van der Waals surface area contributed by atoms with Crippen molar-refractivity contribution in [1.82, 2.24) is 10.6 Å². The highest BCUT2D eigenvalue weighted by molar-refractivity contribution is 5.79. The van der Waals surface area contributed by atoms with E-state index in [0.29, 0.717) is 12.7 Å². The lowest BCUT2D eigenvalue weighted by Crippen LogP contribution is -2.64. The van der Waals surface area contributed by atoms with Gasteiger partial charge in [-0.1, -0.05) is 79.8 Å². The Morgan fingerprint density at radius 2 is 1.30 bits per heavy atom. The third-order valence-corrected chi connectivity index (χ3v) is 6.12. The second-order valence-corrected chi connectivity index (χ2v) is 9.43. The predicted octanol–water partition coefficient (Wildman–Crippen LogP) is 2.54. The molecule has 1 amide bonds. The van der Waals surface area contributed by atoms with E-state index in [2.05, 4.69) is 78.3 Å². The number of hydrogen-bond acceptors (Lipinski definition) is 8. The largest absolute Gasteiger partial charge is 0.394 e. The first-order valence-electron chi connectivity index (χ1n) is 14.1. The third kappa shape index (κ3) is 15.8. The Balaban J connectivity index is 2.15. The Morgan fingerprint density at radius 1 is 0.800 bits per heavy atom. The Labute approximate surface area is 238 Å². The van der Waals surface area contributed by atoms with Crippen LogP contribution in [0.4, 0.5) is 0 Å². The van der Waals surface area contributed by atoms with E-state index < -0.39 is 43.3 Å². The molecule has 0 radical (unpaired) electrons. The molecule has 9 heteroatoms. The van der Waals surface area contributed by atoms with Gasteiger partial charge >= 0.3 is 0 Å². The molecule has 6 atom stereocenters. The summed E-state index contributed by atoms with van der Waals surface area (Å²) in [7, 11) is 0. The predicted molar refractivity (Wildman–Crippen MR) is 157 cm³/mol. The number of aldehydes is 1. The molecular formula is C31H48N2O7. The van der Waals surface area contributed by atoms with Crippen molar-refractivity contribution in [1.29, 1.82) is 0 Å². The molecule has 1 fully saturated rings. The standard InChI is InChI=1S/C31H48N2O7/c1-2-3-4-5-6-7-8-9-10-11-12-13-14-15-16-17-18-19-20-21-27(36)33-25(23-34)22-32-28-30(38)29(37)26(24-35)40-31(28)39/h3-4,6-7,9-10,12-13,15-16,18-19,23,25-26,28-32,35,37-39H,2,5,8,11,14,17,20-22,24H2,1H3,(H,33,36). The van der Waals surface area contributed by atoms with E-state index in [0.717, 1.165) is 38.5 Å². The van der Waals surface area contributed by atoms with Crippen molar-refractivity contribution in [3.8, 4) is 0 Å². The SMILES string of the molecule is CCC=CCC=CCC=CCC=CCC=CCC=CCCC(=O)NC(C=O)CNC1C(O)OC(CO)C(O)C1O. The number of aliphatic hydroxyl groups excluding tert-OH is 4. The van der Waals surface area contributed by atoms with E-state index in [1.165, 1.54) is 0 Å². The van der Waals surface area contributed by atoms with Crippen molar-refractivity contribution in [3.05, 3.63) is 72.9 Å². The van der Waals surface area contributed by atoms with Crippen LogP contribution in [0.25, 0.3) is 0 Å². The fourth-order valence-electron chi connectivity index (χ4n) is 3.85. The molecule has 0 bridgehead atoms. The van der Waals surface area contributed by atoms with Gasteiger partial charge in [0.2, 0.25) is 5.91 Å². The van der Waals surface area contributed by atoms with Gasteiger partial charge in [0, 0.05) is 13.0 Å². The molecule has 224 valence electrons. The molecule has 0 spiro atoms. The normalized spacial score (nSPS) is 24.9. The van der Waals surface area contributed by atoms with E-state index in [1.54, 1.807) is 0 Å². The van der Waals surface area contributed by atoms with E-state index in [9.17, 15) is 24.9 Å². The number of allylic oxidation sites excluding steroid dienone is 12. The maximum Gasteiger partial charge on any atom is 0.220 e. The summed E-state index contributed by atoms with van der Waals surface area (Å²) in [6.45, 7) is 1.49. The Bertz CT molecular complexity index is 866. The molecule has 0 aromatic carbocycles. The second-order valence-electron chi connectivity index (χ2n) is 9.43. The van der Waals surface area contributed by atoms with Crippen molar-refractivity contribution >= 4 is 12.2 Å². The Morgan fingerprint density at radius 3 is 1.77 bits per heavy atom. The fraction of sp³-hybridized carbons (Fsp3) is 0.548. The first kappa shape index (κ1) is 35.4. The lowest BCUT2D eigenvalue weighted by atomic mass is 9.97. The summed E-state index contributed by atoms with van der Waals surface area (Å²) < 4.78 is 5.06. The van der Waals surface area contributed by atoms with Gasteiger partial charge in [-0.25, -0.2) is 0 Å². The average molecular weight is 561 g/mol. The molecule has 6 unspecified atom stereocenters. The number of aliphatic hydroxyl groups is 4. The van der Waals surface area contributed by atoms with E-state index in [-0.39, 0.29) is 18.9 Å². The van der Waals surface area contributed by atoms with Crippen LogP contribution >= 0.6 is 0 Å². The zero-order chi connectivity index (χ0) is 29.4. The summed E-state index contributed by atoms with van der Waals surface area (Å²) in [5.41, 5.74) is 0. The van der Waals surface area contributed by atoms with Crippen LogP contribution in [-0.4, -0.2) is 82.5 Å². The average Bonchev–Trinajstić information content (AvgIpc) is 2.95. The molecule has 9 nitrogen and oxygen atoms in total. The molecule has 1 rings (SSSR count). The molecule has 1 aliphatic heterocycles. The quantitative estimate of drug-likeness (QED) is 0.0983.